The molecule has 0 N–H and O–H groups in total. The summed E-state index contributed by atoms with van der Waals surface area (Å²) in [6.45, 7) is 6.65. The molecule has 0 aliphatic rings. The zero-order valence-electron chi connectivity index (χ0n) is 46.3. The lowest BCUT2D eigenvalue weighted by Crippen LogP contribution is -2.30. The summed E-state index contributed by atoms with van der Waals surface area (Å²) in [4.78, 5) is 38.2. The SMILES string of the molecule is CCCCCC/C=C\CCCCCCCCCC(=O)OCC(COC(=O)CCCCCCCCC/C=C\CCCCCC)OC(=O)CCCCCCCCCCCCC/C=C\CCCCCCCC. The first kappa shape index (κ1) is 66.6. The van der Waals surface area contributed by atoms with Crippen LogP contribution in [0, 0.1) is 0 Å². The van der Waals surface area contributed by atoms with Crippen LogP contribution in [0.5, 0.6) is 0 Å². The van der Waals surface area contributed by atoms with E-state index < -0.39 is 6.10 Å². The minimum atomic E-state index is -0.774. The van der Waals surface area contributed by atoms with Crippen LogP contribution in [0.2, 0.25) is 0 Å². The Bertz CT molecular complexity index is 1100. The standard InChI is InChI=1S/C63H116O6/c1-4-7-10-13-16-19-22-25-28-29-30-31-32-33-36-39-42-45-48-51-54-57-63(66)69-60(58-67-61(64)55-52-49-46-43-40-37-34-26-23-20-17-14-11-8-5-2)59-68-62(65)56-53-50-47-44-41-38-35-27-24-21-18-15-12-9-6-3/h20-21,23-25,28,60H,4-19,22,26-27,29-59H2,1-3H3/b23-20-,24-21-,28-25-. The van der Waals surface area contributed by atoms with Crippen LogP contribution in [0.25, 0.3) is 0 Å². The van der Waals surface area contributed by atoms with Crippen LogP contribution >= 0.6 is 0 Å². The molecule has 0 spiro atoms. The fourth-order valence-corrected chi connectivity index (χ4v) is 8.96. The van der Waals surface area contributed by atoms with Gasteiger partial charge in [-0.25, -0.2) is 0 Å². The number of hydrogen-bond donors (Lipinski definition) is 0. The van der Waals surface area contributed by atoms with E-state index in [1.165, 1.54) is 231 Å². The van der Waals surface area contributed by atoms with E-state index in [1.54, 1.807) is 0 Å². The molecule has 0 aromatic heterocycles. The van der Waals surface area contributed by atoms with Gasteiger partial charge in [0.05, 0.1) is 0 Å². The Labute approximate surface area is 429 Å². The molecule has 0 saturated carbocycles. The summed E-state index contributed by atoms with van der Waals surface area (Å²) < 4.78 is 16.9. The van der Waals surface area contributed by atoms with Crippen molar-refractivity contribution in [2.24, 2.45) is 0 Å². The van der Waals surface area contributed by atoms with E-state index in [0.717, 1.165) is 57.8 Å². The molecular weight excluding hydrogens is 853 g/mol. The van der Waals surface area contributed by atoms with Gasteiger partial charge in [-0.1, -0.05) is 250 Å². The molecule has 6 heteroatoms. The summed E-state index contributed by atoms with van der Waals surface area (Å²) in [5, 5.41) is 0. The van der Waals surface area contributed by atoms with Gasteiger partial charge < -0.3 is 14.2 Å². The molecule has 0 aliphatic heterocycles. The Morgan fingerprint density at radius 1 is 0.275 bits per heavy atom. The maximum Gasteiger partial charge on any atom is 0.306 e. The second kappa shape index (κ2) is 58.2. The Hall–Kier alpha value is -2.37. The van der Waals surface area contributed by atoms with Gasteiger partial charge in [-0.3, -0.25) is 14.4 Å². The summed E-state index contributed by atoms with van der Waals surface area (Å²) in [6.07, 6.45) is 69.9. The van der Waals surface area contributed by atoms with Gasteiger partial charge in [-0.2, -0.15) is 0 Å². The summed E-state index contributed by atoms with van der Waals surface area (Å²) in [5.74, 6) is -0.864. The van der Waals surface area contributed by atoms with Gasteiger partial charge in [0, 0.05) is 19.3 Å². The van der Waals surface area contributed by atoms with E-state index in [4.69, 9.17) is 14.2 Å². The molecule has 0 bridgehead atoms. The molecule has 0 aromatic rings. The average molecular weight is 970 g/mol. The molecule has 6 nitrogen and oxygen atoms in total. The number of esters is 3. The van der Waals surface area contributed by atoms with Crippen molar-refractivity contribution in [1.29, 1.82) is 0 Å². The number of carbonyl (C=O) groups excluding carboxylic acids is 3. The Morgan fingerprint density at radius 2 is 0.478 bits per heavy atom. The van der Waals surface area contributed by atoms with Gasteiger partial charge in [0.2, 0.25) is 0 Å². The molecule has 0 unspecified atom stereocenters. The lowest BCUT2D eigenvalue weighted by molar-refractivity contribution is -0.167. The first-order valence-electron chi connectivity index (χ1n) is 30.5. The molecule has 0 aromatic carbocycles. The van der Waals surface area contributed by atoms with Crippen LogP contribution in [-0.2, 0) is 28.6 Å². The van der Waals surface area contributed by atoms with E-state index >= 15 is 0 Å². The third kappa shape index (κ3) is 56.4. The molecule has 0 rings (SSSR count). The van der Waals surface area contributed by atoms with Gasteiger partial charge in [0.25, 0.3) is 0 Å². The zero-order valence-corrected chi connectivity index (χ0v) is 46.3. The minimum Gasteiger partial charge on any atom is -0.462 e. The summed E-state index contributed by atoms with van der Waals surface area (Å²) in [5.41, 5.74) is 0. The molecule has 404 valence electrons. The zero-order chi connectivity index (χ0) is 50.0. The monoisotopic (exact) mass is 969 g/mol. The number of hydrogen-bond acceptors (Lipinski definition) is 6. The quantitative estimate of drug-likeness (QED) is 0.0261. The van der Waals surface area contributed by atoms with E-state index in [0.29, 0.717) is 19.3 Å². The number of allylic oxidation sites excluding steroid dienone is 6. The third-order valence-corrected chi connectivity index (χ3v) is 13.6. The van der Waals surface area contributed by atoms with Gasteiger partial charge in [-0.05, 0) is 96.3 Å². The van der Waals surface area contributed by atoms with Crippen molar-refractivity contribution in [3.05, 3.63) is 36.5 Å². The normalized spacial score (nSPS) is 11.8. The molecule has 0 fully saturated rings. The topological polar surface area (TPSA) is 78.9 Å². The first-order valence-corrected chi connectivity index (χ1v) is 30.5. The largest absolute Gasteiger partial charge is 0.462 e. The molecule has 0 amide bonds. The van der Waals surface area contributed by atoms with E-state index in [-0.39, 0.29) is 31.1 Å². The highest BCUT2D eigenvalue weighted by Crippen LogP contribution is 2.16. The van der Waals surface area contributed by atoms with Crippen LogP contribution in [0.4, 0.5) is 0 Å². The first-order chi connectivity index (χ1) is 34.0. The Kier molecular flexibility index (Phi) is 56.2. The molecule has 69 heavy (non-hydrogen) atoms. The highest BCUT2D eigenvalue weighted by molar-refractivity contribution is 5.71. The lowest BCUT2D eigenvalue weighted by atomic mass is 10.0. The lowest BCUT2D eigenvalue weighted by Gasteiger charge is -2.18. The predicted molar refractivity (Wildman–Crippen MR) is 298 cm³/mol. The van der Waals surface area contributed by atoms with Gasteiger partial charge in [-0.15, -0.1) is 0 Å². The van der Waals surface area contributed by atoms with E-state index in [1.807, 2.05) is 0 Å². The van der Waals surface area contributed by atoms with Crippen LogP contribution in [0.3, 0.4) is 0 Å². The number of ether oxygens (including phenoxy) is 3. The molecule has 0 atom stereocenters. The molecule has 0 radical (unpaired) electrons. The smallest absolute Gasteiger partial charge is 0.306 e. The number of carbonyl (C=O) groups is 3. The van der Waals surface area contributed by atoms with Crippen molar-refractivity contribution in [1.82, 2.24) is 0 Å². The fraction of sp³-hybridized carbons (Fsp3) is 0.857. The second-order valence-corrected chi connectivity index (χ2v) is 20.6. The Morgan fingerprint density at radius 3 is 0.739 bits per heavy atom. The maximum absolute atomic E-state index is 12.9. The van der Waals surface area contributed by atoms with Crippen LogP contribution in [0.15, 0.2) is 36.5 Å². The highest BCUT2D eigenvalue weighted by atomic mass is 16.6. The van der Waals surface area contributed by atoms with Crippen LogP contribution in [0.1, 0.15) is 329 Å². The molecule has 0 heterocycles. The molecular formula is C63H116O6. The number of rotatable bonds is 56. The molecule has 0 aliphatic carbocycles. The van der Waals surface area contributed by atoms with Gasteiger partial charge in [0.1, 0.15) is 13.2 Å². The summed E-state index contributed by atoms with van der Waals surface area (Å²) >= 11 is 0. The van der Waals surface area contributed by atoms with Crippen molar-refractivity contribution in [3.8, 4) is 0 Å². The van der Waals surface area contributed by atoms with Crippen molar-refractivity contribution < 1.29 is 28.6 Å². The Balaban J connectivity index is 4.33. The van der Waals surface area contributed by atoms with Crippen LogP contribution in [-0.4, -0.2) is 37.2 Å². The van der Waals surface area contributed by atoms with Gasteiger partial charge in [0.15, 0.2) is 6.10 Å². The maximum atomic E-state index is 12.9. The van der Waals surface area contributed by atoms with Crippen molar-refractivity contribution in [2.75, 3.05) is 13.2 Å². The van der Waals surface area contributed by atoms with Crippen molar-refractivity contribution in [2.45, 2.75) is 335 Å². The van der Waals surface area contributed by atoms with Crippen molar-refractivity contribution in [3.63, 3.8) is 0 Å². The predicted octanol–water partition coefficient (Wildman–Crippen LogP) is 20.4. The highest BCUT2D eigenvalue weighted by Gasteiger charge is 2.19. The number of unbranched alkanes of at least 4 members (excludes halogenated alkanes) is 39. The van der Waals surface area contributed by atoms with Gasteiger partial charge >= 0.3 is 17.9 Å². The van der Waals surface area contributed by atoms with E-state index in [2.05, 4.69) is 57.2 Å². The third-order valence-electron chi connectivity index (χ3n) is 13.6. The van der Waals surface area contributed by atoms with Crippen LogP contribution < -0.4 is 0 Å². The fourth-order valence-electron chi connectivity index (χ4n) is 8.96. The van der Waals surface area contributed by atoms with Crippen molar-refractivity contribution >= 4 is 17.9 Å². The van der Waals surface area contributed by atoms with E-state index in [9.17, 15) is 14.4 Å². The minimum absolute atomic E-state index is 0.0733. The summed E-state index contributed by atoms with van der Waals surface area (Å²) in [6, 6.07) is 0. The summed E-state index contributed by atoms with van der Waals surface area (Å²) in [7, 11) is 0. The second-order valence-electron chi connectivity index (χ2n) is 20.6. The molecule has 0 saturated heterocycles. The average Bonchev–Trinajstić information content (AvgIpc) is 3.35.